The zero-order chi connectivity index (χ0) is 14.8. The molecular weight excluding hydrogens is 260 g/mol. The summed E-state index contributed by atoms with van der Waals surface area (Å²) in [6.45, 7) is 5.60. The van der Waals surface area contributed by atoms with Gasteiger partial charge in [-0.25, -0.2) is 4.68 Å². The minimum Gasteiger partial charge on any atom is -0.305 e. The first-order chi connectivity index (χ1) is 10.1. The maximum Gasteiger partial charge on any atom is 0.0648 e. The van der Waals surface area contributed by atoms with Crippen LogP contribution >= 0.6 is 0 Å². The van der Waals surface area contributed by atoms with Gasteiger partial charge < -0.3 is 4.90 Å². The van der Waals surface area contributed by atoms with Gasteiger partial charge in [-0.15, -0.1) is 0 Å². The average Bonchev–Trinajstić information content (AvgIpc) is 3.12. The van der Waals surface area contributed by atoms with Crippen LogP contribution < -0.4 is 0 Å². The molecule has 0 spiro atoms. The SMILES string of the molecule is Cc1cc(-n2cccn2)ccc1CN(C)[C@@H]1CCN(C)C1. The fraction of sp³-hybridized carbons (Fsp3) is 0.471. The molecule has 4 heteroatoms. The lowest BCUT2D eigenvalue weighted by molar-refractivity contribution is 0.234. The van der Waals surface area contributed by atoms with Gasteiger partial charge in [0.15, 0.2) is 0 Å². The van der Waals surface area contributed by atoms with Crippen LogP contribution in [0.2, 0.25) is 0 Å². The minimum atomic E-state index is 0.681. The summed E-state index contributed by atoms with van der Waals surface area (Å²) in [6, 6.07) is 9.25. The normalized spacial score (nSPS) is 19.5. The molecule has 0 bridgehead atoms. The first kappa shape index (κ1) is 14.3. The van der Waals surface area contributed by atoms with E-state index in [1.165, 1.54) is 30.6 Å². The third-order valence-corrected chi connectivity index (χ3v) is 4.50. The second-order valence-electron chi connectivity index (χ2n) is 6.18. The van der Waals surface area contributed by atoms with Crippen LogP contribution in [0.4, 0.5) is 0 Å². The zero-order valence-electron chi connectivity index (χ0n) is 13.2. The minimum absolute atomic E-state index is 0.681. The molecule has 2 aromatic rings. The Bertz CT molecular complexity index is 591. The van der Waals surface area contributed by atoms with E-state index in [1.54, 1.807) is 0 Å². The summed E-state index contributed by atoms with van der Waals surface area (Å²) in [5.74, 6) is 0. The lowest BCUT2D eigenvalue weighted by Gasteiger charge is -2.25. The van der Waals surface area contributed by atoms with E-state index in [9.17, 15) is 0 Å². The van der Waals surface area contributed by atoms with Crippen molar-refractivity contribution in [2.24, 2.45) is 0 Å². The van der Waals surface area contributed by atoms with Gasteiger partial charge in [-0.1, -0.05) is 6.07 Å². The number of hydrogen-bond acceptors (Lipinski definition) is 3. The van der Waals surface area contributed by atoms with Gasteiger partial charge in [0.2, 0.25) is 0 Å². The van der Waals surface area contributed by atoms with Gasteiger partial charge >= 0.3 is 0 Å². The summed E-state index contributed by atoms with van der Waals surface area (Å²) < 4.78 is 1.91. The van der Waals surface area contributed by atoms with E-state index in [0.29, 0.717) is 6.04 Å². The van der Waals surface area contributed by atoms with Gasteiger partial charge in [0.25, 0.3) is 0 Å². The Labute approximate surface area is 127 Å². The standard InChI is InChI=1S/C17H24N4/c1-14-11-16(21-9-4-8-18-21)6-5-15(14)12-20(3)17-7-10-19(2)13-17/h4-6,8-9,11,17H,7,10,12-13H2,1-3H3/t17-/m1/s1. The molecule has 1 saturated heterocycles. The van der Waals surface area contributed by atoms with E-state index in [2.05, 4.69) is 54.1 Å². The van der Waals surface area contributed by atoms with Crippen LogP contribution in [0, 0.1) is 6.92 Å². The lowest BCUT2D eigenvalue weighted by atomic mass is 10.1. The van der Waals surface area contributed by atoms with Crippen LogP contribution in [0.3, 0.4) is 0 Å². The van der Waals surface area contributed by atoms with Crippen molar-refractivity contribution < 1.29 is 0 Å². The molecule has 1 aromatic heterocycles. The molecule has 0 aliphatic carbocycles. The van der Waals surface area contributed by atoms with Crippen LogP contribution in [-0.2, 0) is 6.54 Å². The predicted octanol–water partition coefficient (Wildman–Crippen LogP) is 2.32. The van der Waals surface area contributed by atoms with Gasteiger partial charge in [0.1, 0.15) is 0 Å². The van der Waals surface area contributed by atoms with Crippen molar-refractivity contribution in [1.82, 2.24) is 19.6 Å². The Morgan fingerprint density at radius 2 is 2.24 bits per heavy atom. The van der Waals surface area contributed by atoms with Crippen molar-refractivity contribution in [3.8, 4) is 5.69 Å². The second-order valence-corrected chi connectivity index (χ2v) is 6.18. The Kier molecular flexibility index (Phi) is 4.08. The maximum atomic E-state index is 4.29. The first-order valence-corrected chi connectivity index (χ1v) is 7.62. The highest BCUT2D eigenvalue weighted by molar-refractivity contribution is 5.39. The molecule has 1 aromatic carbocycles. The van der Waals surface area contributed by atoms with Crippen molar-refractivity contribution in [2.45, 2.75) is 25.9 Å². The van der Waals surface area contributed by atoms with Crippen molar-refractivity contribution in [2.75, 3.05) is 27.2 Å². The van der Waals surface area contributed by atoms with Crippen LogP contribution in [0.5, 0.6) is 0 Å². The second kappa shape index (κ2) is 6.00. The Hall–Kier alpha value is -1.65. The summed E-state index contributed by atoms with van der Waals surface area (Å²) in [6.07, 6.45) is 5.07. The Balaban J connectivity index is 1.71. The summed E-state index contributed by atoms with van der Waals surface area (Å²) in [7, 11) is 4.45. The van der Waals surface area contributed by atoms with Gasteiger partial charge in [0.05, 0.1) is 5.69 Å². The van der Waals surface area contributed by atoms with E-state index in [-0.39, 0.29) is 0 Å². The third-order valence-electron chi connectivity index (χ3n) is 4.50. The molecule has 0 saturated carbocycles. The molecule has 112 valence electrons. The molecule has 21 heavy (non-hydrogen) atoms. The number of benzene rings is 1. The summed E-state index contributed by atoms with van der Waals surface area (Å²) >= 11 is 0. The summed E-state index contributed by atoms with van der Waals surface area (Å²) in [5.41, 5.74) is 3.87. The first-order valence-electron chi connectivity index (χ1n) is 7.62. The van der Waals surface area contributed by atoms with E-state index in [0.717, 1.165) is 12.2 Å². The molecule has 0 N–H and O–H groups in total. The number of aryl methyl sites for hydroxylation is 1. The number of rotatable bonds is 4. The van der Waals surface area contributed by atoms with E-state index in [4.69, 9.17) is 0 Å². The fourth-order valence-electron chi connectivity index (χ4n) is 3.09. The van der Waals surface area contributed by atoms with Crippen LogP contribution in [0.1, 0.15) is 17.5 Å². The molecule has 1 atom stereocenters. The predicted molar refractivity (Wildman–Crippen MR) is 85.7 cm³/mol. The Morgan fingerprint density at radius 3 is 2.86 bits per heavy atom. The molecule has 2 heterocycles. The molecule has 0 amide bonds. The molecule has 1 fully saturated rings. The van der Waals surface area contributed by atoms with Gasteiger partial charge in [-0.05, 0) is 63.3 Å². The quantitative estimate of drug-likeness (QED) is 0.861. The largest absolute Gasteiger partial charge is 0.305 e. The summed E-state index contributed by atoms with van der Waals surface area (Å²) in [5, 5.41) is 4.29. The average molecular weight is 284 g/mol. The number of likely N-dealkylation sites (tertiary alicyclic amines) is 1. The van der Waals surface area contributed by atoms with Crippen molar-refractivity contribution in [1.29, 1.82) is 0 Å². The number of aromatic nitrogens is 2. The van der Waals surface area contributed by atoms with Crippen LogP contribution in [0.25, 0.3) is 5.69 Å². The topological polar surface area (TPSA) is 24.3 Å². The third kappa shape index (κ3) is 3.17. The number of hydrogen-bond donors (Lipinski definition) is 0. The van der Waals surface area contributed by atoms with Gasteiger partial charge in [0, 0.05) is 31.5 Å². The summed E-state index contributed by atoms with van der Waals surface area (Å²) in [4.78, 5) is 4.90. The maximum absolute atomic E-state index is 4.29. The van der Waals surface area contributed by atoms with Crippen molar-refractivity contribution >= 4 is 0 Å². The number of nitrogens with zero attached hydrogens (tertiary/aromatic N) is 4. The number of likely N-dealkylation sites (N-methyl/N-ethyl adjacent to an activating group) is 2. The van der Waals surface area contributed by atoms with E-state index >= 15 is 0 Å². The molecule has 1 aliphatic heterocycles. The van der Waals surface area contributed by atoms with Gasteiger partial charge in [-0.2, -0.15) is 5.10 Å². The molecule has 1 aliphatic rings. The molecular formula is C17H24N4. The lowest BCUT2D eigenvalue weighted by Crippen LogP contribution is -2.33. The monoisotopic (exact) mass is 284 g/mol. The van der Waals surface area contributed by atoms with Crippen molar-refractivity contribution in [3.05, 3.63) is 47.8 Å². The highest BCUT2D eigenvalue weighted by Crippen LogP contribution is 2.19. The fourth-order valence-corrected chi connectivity index (χ4v) is 3.09. The zero-order valence-corrected chi connectivity index (χ0v) is 13.2. The van der Waals surface area contributed by atoms with Crippen LogP contribution in [0.15, 0.2) is 36.7 Å². The van der Waals surface area contributed by atoms with E-state index in [1.807, 2.05) is 23.1 Å². The molecule has 3 rings (SSSR count). The highest BCUT2D eigenvalue weighted by Gasteiger charge is 2.23. The smallest absolute Gasteiger partial charge is 0.0648 e. The molecule has 0 unspecified atom stereocenters. The molecule has 4 nitrogen and oxygen atoms in total. The molecule has 0 radical (unpaired) electrons. The highest BCUT2D eigenvalue weighted by atomic mass is 15.3. The Morgan fingerprint density at radius 1 is 1.38 bits per heavy atom. The van der Waals surface area contributed by atoms with Crippen molar-refractivity contribution in [3.63, 3.8) is 0 Å². The van der Waals surface area contributed by atoms with Gasteiger partial charge in [-0.3, -0.25) is 4.90 Å². The van der Waals surface area contributed by atoms with Crippen LogP contribution in [-0.4, -0.2) is 52.8 Å². The van der Waals surface area contributed by atoms with E-state index < -0.39 is 0 Å².